The van der Waals surface area contributed by atoms with Gasteiger partial charge in [-0.3, -0.25) is 9.69 Å². The lowest BCUT2D eigenvalue weighted by molar-refractivity contribution is -0.147. The van der Waals surface area contributed by atoms with Gasteiger partial charge < -0.3 is 15.2 Å². The molecule has 1 aliphatic heterocycles. The van der Waals surface area contributed by atoms with E-state index < -0.39 is 0 Å². The molecule has 2 unspecified atom stereocenters. The molecule has 2 N–H and O–H groups in total. The molecule has 2 aliphatic rings. The second kappa shape index (κ2) is 7.96. The molecule has 0 radical (unpaired) electrons. The first kappa shape index (κ1) is 15.7. The number of methoxy groups -OCH3 is 1. The average molecular weight is 284 g/mol. The fourth-order valence-corrected chi connectivity index (χ4v) is 3.58. The molecule has 1 heterocycles. The molecule has 5 heteroatoms. The van der Waals surface area contributed by atoms with E-state index in [1.807, 2.05) is 0 Å². The maximum Gasteiger partial charge on any atom is 0.310 e. The third-order valence-electron chi connectivity index (χ3n) is 4.55. The van der Waals surface area contributed by atoms with Crippen LogP contribution in [-0.2, 0) is 9.53 Å². The van der Waals surface area contributed by atoms with E-state index in [9.17, 15) is 4.79 Å². The standard InChI is InChI=1S/C15H28N2O3/c1-20-15(19)12-9-14(11-17(10-12)7-8-18)16-13-5-3-2-4-6-13/h12-14,16,18H,2-11H2,1H3. The highest BCUT2D eigenvalue weighted by atomic mass is 16.5. The molecule has 2 rings (SSSR count). The molecular weight excluding hydrogens is 256 g/mol. The first-order chi connectivity index (χ1) is 9.72. The van der Waals surface area contributed by atoms with E-state index in [-0.39, 0.29) is 18.5 Å². The van der Waals surface area contributed by atoms with Crippen LogP contribution in [0.3, 0.4) is 0 Å². The number of likely N-dealkylation sites (tertiary alicyclic amines) is 1. The highest BCUT2D eigenvalue weighted by Crippen LogP contribution is 2.22. The molecule has 2 fully saturated rings. The quantitative estimate of drug-likeness (QED) is 0.730. The molecule has 20 heavy (non-hydrogen) atoms. The van der Waals surface area contributed by atoms with Crippen molar-refractivity contribution in [3.8, 4) is 0 Å². The number of aliphatic hydroxyl groups is 1. The van der Waals surface area contributed by atoms with Crippen LogP contribution in [0.15, 0.2) is 0 Å². The van der Waals surface area contributed by atoms with Gasteiger partial charge in [0, 0.05) is 31.7 Å². The van der Waals surface area contributed by atoms with Gasteiger partial charge in [0.15, 0.2) is 0 Å². The van der Waals surface area contributed by atoms with E-state index in [0.29, 0.717) is 25.2 Å². The zero-order chi connectivity index (χ0) is 14.4. The predicted octanol–water partition coefficient (Wildman–Crippen LogP) is 0.764. The Bertz CT molecular complexity index is 305. The van der Waals surface area contributed by atoms with Gasteiger partial charge in [0.25, 0.3) is 0 Å². The predicted molar refractivity (Wildman–Crippen MR) is 77.4 cm³/mol. The van der Waals surface area contributed by atoms with Gasteiger partial charge in [-0.2, -0.15) is 0 Å². The second-order valence-electron chi connectivity index (χ2n) is 6.14. The number of hydrogen-bond acceptors (Lipinski definition) is 5. The Kier molecular flexibility index (Phi) is 6.26. The Balaban J connectivity index is 1.90. The summed E-state index contributed by atoms with van der Waals surface area (Å²) in [6.07, 6.45) is 7.32. The third kappa shape index (κ3) is 4.43. The third-order valence-corrected chi connectivity index (χ3v) is 4.55. The molecule has 1 aliphatic carbocycles. The zero-order valence-corrected chi connectivity index (χ0v) is 12.5. The number of hydrogen-bond donors (Lipinski definition) is 2. The first-order valence-corrected chi connectivity index (χ1v) is 7.90. The highest BCUT2D eigenvalue weighted by molar-refractivity contribution is 5.72. The summed E-state index contributed by atoms with van der Waals surface area (Å²) in [5.41, 5.74) is 0. The first-order valence-electron chi connectivity index (χ1n) is 7.90. The van der Waals surface area contributed by atoms with Crippen molar-refractivity contribution in [2.75, 3.05) is 33.4 Å². The topological polar surface area (TPSA) is 61.8 Å². The Labute approximate surface area is 121 Å². The minimum Gasteiger partial charge on any atom is -0.469 e. The Morgan fingerprint density at radius 3 is 2.65 bits per heavy atom. The largest absolute Gasteiger partial charge is 0.469 e. The maximum atomic E-state index is 11.8. The van der Waals surface area contributed by atoms with Crippen molar-refractivity contribution in [2.45, 2.75) is 50.6 Å². The van der Waals surface area contributed by atoms with Crippen molar-refractivity contribution in [1.29, 1.82) is 0 Å². The van der Waals surface area contributed by atoms with Crippen molar-refractivity contribution in [1.82, 2.24) is 10.2 Å². The smallest absolute Gasteiger partial charge is 0.310 e. The van der Waals surface area contributed by atoms with Gasteiger partial charge in [-0.25, -0.2) is 0 Å². The normalized spacial score (nSPS) is 29.3. The summed E-state index contributed by atoms with van der Waals surface area (Å²) < 4.78 is 4.90. The van der Waals surface area contributed by atoms with Gasteiger partial charge in [0.05, 0.1) is 19.6 Å². The van der Waals surface area contributed by atoms with Crippen LogP contribution < -0.4 is 5.32 Å². The molecule has 0 amide bonds. The molecule has 1 saturated carbocycles. The summed E-state index contributed by atoms with van der Waals surface area (Å²) in [5, 5.41) is 12.9. The summed E-state index contributed by atoms with van der Waals surface area (Å²) in [6, 6.07) is 0.934. The summed E-state index contributed by atoms with van der Waals surface area (Å²) >= 11 is 0. The van der Waals surface area contributed by atoms with E-state index >= 15 is 0 Å². The van der Waals surface area contributed by atoms with E-state index in [2.05, 4.69) is 10.2 Å². The lowest BCUT2D eigenvalue weighted by Crippen LogP contribution is -2.54. The number of rotatable bonds is 5. The van der Waals surface area contributed by atoms with Crippen LogP contribution >= 0.6 is 0 Å². The number of ether oxygens (including phenoxy) is 1. The molecule has 2 atom stereocenters. The Morgan fingerprint density at radius 2 is 2.00 bits per heavy atom. The van der Waals surface area contributed by atoms with Crippen LogP contribution in [0.2, 0.25) is 0 Å². The fraction of sp³-hybridized carbons (Fsp3) is 0.933. The monoisotopic (exact) mass is 284 g/mol. The van der Waals surface area contributed by atoms with Crippen molar-refractivity contribution in [3.05, 3.63) is 0 Å². The van der Waals surface area contributed by atoms with Crippen LogP contribution in [0.25, 0.3) is 0 Å². The molecule has 116 valence electrons. The number of esters is 1. The molecule has 5 nitrogen and oxygen atoms in total. The Morgan fingerprint density at radius 1 is 1.25 bits per heavy atom. The minimum atomic E-state index is -0.122. The van der Waals surface area contributed by atoms with E-state index in [0.717, 1.165) is 13.0 Å². The zero-order valence-electron chi connectivity index (χ0n) is 12.5. The van der Waals surface area contributed by atoms with Crippen LogP contribution in [0.4, 0.5) is 0 Å². The number of β-amino-alcohol motifs (C(OH)–C–C–N with tert-alkyl or cyclic N) is 1. The number of carbonyl (C=O) groups is 1. The molecule has 0 bridgehead atoms. The van der Waals surface area contributed by atoms with Crippen molar-refractivity contribution in [3.63, 3.8) is 0 Å². The summed E-state index contributed by atoms with van der Waals surface area (Å²) in [5.74, 6) is -0.190. The number of carbonyl (C=O) groups excluding carboxylic acids is 1. The minimum absolute atomic E-state index is 0.0682. The van der Waals surface area contributed by atoms with Crippen LogP contribution in [0.1, 0.15) is 38.5 Å². The SMILES string of the molecule is COC(=O)C1CC(NC2CCCCC2)CN(CCO)C1. The summed E-state index contributed by atoms with van der Waals surface area (Å²) in [7, 11) is 1.46. The van der Waals surface area contributed by atoms with Crippen LogP contribution in [-0.4, -0.2) is 61.4 Å². The van der Waals surface area contributed by atoms with Gasteiger partial charge in [-0.1, -0.05) is 19.3 Å². The van der Waals surface area contributed by atoms with E-state index in [4.69, 9.17) is 9.84 Å². The van der Waals surface area contributed by atoms with Crippen LogP contribution in [0.5, 0.6) is 0 Å². The second-order valence-corrected chi connectivity index (χ2v) is 6.14. The molecular formula is C15H28N2O3. The molecule has 0 aromatic rings. The number of piperidine rings is 1. The number of aliphatic hydroxyl groups excluding tert-OH is 1. The van der Waals surface area contributed by atoms with Gasteiger partial charge in [-0.15, -0.1) is 0 Å². The van der Waals surface area contributed by atoms with E-state index in [1.165, 1.54) is 39.2 Å². The molecule has 0 spiro atoms. The lowest BCUT2D eigenvalue weighted by atomic mass is 9.90. The van der Waals surface area contributed by atoms with Gasteiger partial charge >= 0.3 is 5.97 Å². The summed E-state index contributed by atoms with van der Waals surface area (Å²) in [6.45, 7) is 2.40. The molecule has 0 aromatic carbocycles. The van der Waals surface area contributed by atoms with Gasteiger partial charge in [0.1, 0.15) is 0 Å². The van der Waals surface area contributed by atoms with Crippen molar-refractivity contribution < 1.29 is 14.6 Å². The van der Waals surface area contributed by atoms with Crippen molar-refractivity contribution >= 4 is 5.97 Å². The van der Waals surface area contributed by atoms with Crippen LogP contribution in [0, 0.1) is 5.92 Å². The molecule has 1 saturated heterocycles. The summed E-state index contributed by atoms with van der Waals surface area (Å²) in [4.78, 5) is 14.0. The molecule has 0 aromatic heterocycles. The van der Waals surface area contributed by atoms with Gasteiger partial charge in [0.2, 0.25) is 0 Å². The average Bonchev–Trinajstić information content (AvgIpc) is 2.47. The Hall–Kier alpha value is -0.650. The number of nitrogens with one attached hydrogen (secondary N) is 1. The van der Waals surface area contributed by atoms with E-state index in [1.54, 1.807) is 0 Å². The van der Waals surface area contributed by atoms with Crippen molar-refractivity contribution in [2.24, 2.45) is 5.92 Å². The maximum absolute atomic E-state index is 11.8. The van der Waals surface area contributed by atoms with Gasteiger partial charge in [-0.05, 0) is 19.3 Å². The highest BCUT2D eigenvalue weighted by Gasteiger charge is 2.33. The lowest BCUT2D eigenvalue weighted by Gasteiger charge is -2.39. The number of nitrogens with zero attached hydrogens (tertiary/aromatic N) is 1. The fourth-order valence-electron chi connectivity index (χ4n) is 3.58.